The Kier molecular flexibility index (Phi) is 4.54. The topological polar surface area (TPSA) is 108 Å². The third-order valence-corrected chi connectivity index (χ3v) is 5.14. The Bertz CT molecular complexity index is 1010. The number of amides is 1. The number of nitrogens with one attached hydrogen (secondary N) is 1. The number of anilines is 1. The van der Waals surface area contributed by atoms with Crippen LogP contribution in [0.15, 0.2) is 54.6 Å². The first kappa shape index (κ1) is 18.7. The second kappa shape index (κ2) is 7.05. The molecule has 1 N–H and O–H groups in total. The van der Waals surface area contributed by atoms with Crippen LogP contribution in [0.2, 0.25) is 0 Å². The van der Waals surface area contributed by atoms with E-state index in [0.717, 1.165) is 5.56 Å². The Morgan fingerprint density at radius 2 is 1.93 bits per heavy atom. The van der Waals surface area contributed by atoms with Crippen molar-refractivity contribution in [2.75, 3.05) is 11.9 Å². The van der Waals surface area contributed by atoms with E-state index in [-0.39, 0.29) is 24.6 Å². The average Bonchev–Trinajstić information content (AvgIpc) is 3.01. The van der Waals surface area contributed by atoms with E-state index in [1.807, 2.05) is 12.1 Å². The van der Waals surface area contributed by atoms with Gasteiger partial charge in [-0.05, 0) is 35.7 Å². The maximum absolute atomic E-state index is 12.1. The molecule has 0 aliphatic carbocycles. The van der Waals surface area contributed by atoms with Gasteiger partial charge in [0.1, 0.15) is 12.4 Å². The van der Waals surface area contributed by atoms with Gasteiger partial charge in [0.15, 0.2) is 5.60 Å². The molecule has 1 unspecified atom stereocenters. The molecule has 1 saturated heterocycles. The summed E-state index contributed by atoms with van der Waals surface area (Å²) in [7, 11) is 0. The summed E-state index contributed by atoms with van der Waals surface area (Å²) in [4.78, 5) is 34.3. The SMILES string of the molecule is C=C1CC(COc2cccc3c2NC(=O)CC3)(c2ccc([N+](=O)[O-])cc2)OC1=O. The Labute approximate surface area is 166 Å². The smallest absolute Gasteiger partial charge is 0.334 e. The molecule has 2 aliphatic heterocycles. The molecule has 2 heterocycles. The van der Waals surface area contributed by atoms with E-state index >= 15 is 0 Å². The molecule has 1 amide bonds. The first-order chi connectivity index (χ1) is 13.9. The molecule has 8 nitrogen and oxygen atoms in total. The number of ether oxygens (including phenoxy) is 2. The minimum absolute atomic E-state index is 0.0259. The van der Waals surface area contributed by atoms with Gasteiger partial charge in [-0.1, -0.05) is 18.7 Å². The van der Waals surface area contributed by atoms with Gasteiger partial charge in [0.25, 0.3) is 5.69 Å². The van der Waals surface area contributed by atoms with Crippen LogP contribution in [-0.4, -0.2) is 23.4 Å². The summed E-state index contributed by atoms with van der Waals surface area (Å²) < 4.78 is 11.6. The standard InChI is InChI=1S/C21H18N2O6/c1-13-11-21(29-20(13)25,15-6-8-16(9-7-15)23(26)27)12-28-17-4-2-3-14-5-10-18(24)22-19(14)17/h2-4,6-9H,1,5,10-12H2,(H,22,24). The summed E-state index contributed by atoms with van der Waals surface area (Å²) in [6.45, 7) is 3.72. The Morgan fingerprint density at radius 3 is 2.59 bits per heavy atom. The van der Waals surface area contributed by atoms with E-state index in [1.165, 1.54) is 12.1 Å². The number of aryl methyl sites for hydroxylation is 1. The lowest BCUT2D eigenvalue weighted by molar-refractivity contribution is -0.384. The lowest BCUT2D eigenvalue weighted by Gasteiger charge is -2.29. The van der Waals surface area contributed by atoms with E-state index in [9.17, 15) is 19.7 Å². The van der Waals surface area contributed by atoms with E-state index in [2.05, 4.69) is 11.9 Å². The Hall–Kier alpha value is -3.68. The molecule has 0 bridgehead atoms. The molecule has 2 aromatic carbocycles. The van der Waals surface area contributed by atoms with Crippen LogP contribution in [0.25, 0.3) is 0 Å². The van der Waals surface area contributed by atoms with Crippen molar-refractivity contribution < 1.29 is 24.0 Å². The van der Waals surface area contributed by atoms with E-state index < -0.39 is 16.5 Å². The van der Waals surface area contributed by atoms with Crippen molar-refractivity contribution >= 4 is 23.3 Å². The molecule has 0 aromatic heterocycles. The van der Waals surface area contributed by atoms with Gasteiger partial charge in [-0.15, -0.1) is 0 Å². The maximum atomic E-state index is 12.1. The molecule has 148 valence electrons. The molecular weight excluding hydrogens is 376 g/mol. The molecule has 2 aliphatic rings. The van der Waals surface area contributed by atoms with Crippen molar-refractivity contribution in [3.8, 4) is 5.75 Å². The number of cyclic esters (lactones) is 1. The average molecular weight is 394 g/mol. The number of rotatable bonds is 5. The molecule has 0 spiro atoms. The molecule has 2 aromatic rings. The van der Waals surface area contributed by atoms with Crippen LogP contribution in [0.3, 0.4) is 0 Å². The fourth-order valence-corrected chi connectivity index (χ4v) is 3.61. The van der Waals surface area contributed by atoms with Gasteiger partial charge in [0.2, 0.25) is 5.91 Å². The second-order valence-corrected chi connectivity index (χ2v) is 7.10. The summed E-state index contributed by atoms with van der Waals surface area (Å²) >= 11 is 0. The monoisotopic (exact) mass is 394 g/mol. The number of hydrogen-bond donors (Lipinski definition) is 1. The van der Waals surface area contributed by atoms with Gasteiger partial charge in [-0.3, -0.25) is 14.9 Å². The zero-order valence-corrected chi connectivity index (χ0v) is 15.5. The van der Waals surface area contributed by atoms with E-state index in [0.29, 0.717) is 35.4 Å². The van der Waals surface area contributed by atoms with Crippen molar-refractivity contribution in [1.29, 1.82) is 0 Å². The molecule has 1 fully saturated rings. The number of carbonyl (C=O) groups is 2. The predicted octanol–water partition coefficient (Wildman–Crippen LogP) is 3.26. The fourth-order valence-electron chi connectivity index (χ4n) is 3.61. The van der Waals surface area contributed by atoms with Gasteiger partial charge >= 0.3 is 5.97 Å². The minimum Gasteiger partial charge on any atom is -0.487 e. The van der Waals surface area contributed by atoms with E-state index in [4.69, 9.17) is 9.47 Å². The minimum atomic E-state index is -1.15. The highest BCUT2D eigenvalue weighted by atomic mass is 16.6. The molecule has 0 radical (unpaired) electrons. The van der Waals surface area contributed by atoms with Gasteiger partial charge in [-0.2, -0.15) is 0 Å². The first-order valence-electron chi connectivity index (χ1n) is 9.08. The van der Waals surface area contributed by atoms with Crippen molar-refractivity contribution in [1.82, 2.24) is 0 Å². The largest absolute Gasteiger partial charge is 0.487 e. The molecule has 1 atom stereocenters. The quantitative estimate of drug-likeness (QED) is 0.361. The molecule has 29 heavy (non-hydrogen) atoms. The van der Waals surface area contributed by atoms with Crippen molar-refractivity contribution in [2.24, 2.45) is 0 Å². The normalized spacial score (nSPS) is 20.6. The lowest BCUT2D eigenvalue weighted by Crippen LogP contribution is -2.33. The summed E-state index contributed by atoms with van der Waals surface area (Å²) in [6.07, 6.45) is 1.24. The zero-order chi connectivity index (χ0) is 20.6. The molecule has 8 heteroatoms. The number of carbonyl (C=O) groups excluding carboxylic acids is 2. The third kappa shape index (κ3) is 3.44. The highest BCUT2D eigenvalue weighted by Gasteiger charge is 2.45. The number of para-hydroxylation sites is 1. The van der Waals surface area contributed by atoms with E-state index in [1.54, 1.807) is 18.2 Å². The number of nitro groups is 1. The number of fused-ring (bicyclic) bond motifs is 1. The summed E-state index contributed by atoms with van der Waals surface area (Å²) in [5.41, 5.74) is 1.25. The predicted molar refractivity (Wildman–Crippen MR) is 104 cm³/mol. The number of non-ortho nitro benzene ring substituents is 1. The molecule has 0 saturated carbocycles. The van der Waals surface area contributed by atoms with Crippen molar-refractivity contribution in [3.05, 3.63) is 75.9 Å². The highest BCUT2D eigenvalue weighted by Crippen LogP contribution is 2.41. The summed E-state index contributed by atoms with van der Waals surface area (Å²) in [6, 6.07) is 11.3. The number of benzene rings is 2. The van der Waals surface area contributed by atoms with Crippen LogP contribution in [0.4, 0.5) is 11.4 Å². The zero-order valence-electron chi connectivity index (χ0n) is 15.5. The summed E-state index contributed by atoms with van der Waals surface area (Å²) in [5, 5.41) is 13.8. The van der Waals surface area contributed by atoms with Crippen LogP contribution in [0.1, 0.15) is 24.0 Å². The highest BCUT2D eigenvalue weighted by molar-refractivity contribution is 5.95. The molecular formula is C21H18N2O6. The first-order valence-corrected chi connectivity index (χ1v) is 9.08. The van der Waals surface area contributed by atoms with Crippen LogP contribution < -0.4 is 10.1 Å². The van der Waals surface area contributed by atoms with Crippen LogP contribution >= 0.6 is 0 Å². The van der Waals surface area contributed by atoms with Crippen molar-refractivity contribution in [2.45, 2.75) is 24.9 Å². The van der Waals surface area contributed by atoms with Gasteiger partial charge < -0.3 is 14.8 Å². The number of hydrogen-bond acceptors (Lipinski definition) is 6. The van der Waals surface area contributed by atoms with Gasteiger partial charge in [0.05, 0.1) is 10.6 Å². The van der Waals surface area contributed by atoms with Crippen molar-refractivity contribution in [3.63, 3.8) is 0 Å². The number of esters is 1. The maximum Gasteiger partial charge on any atom is 0.334 e. The van der Waals surface area contributed by atoms with Crippen LogP contribution in [0.5, 0.6) is 5.75 Å². The third-order valence-electron chi connectivity index (χ3n) is 5.14. The second-order valence-electron chi connectivity index (χ2n) is 7.10. The van der Waals surface area contributed by atoms with Gasteiger partial charge in [0, 0.05) is 30.5 Å². The number of nitrogens with zero attached hydrogens (tertiary/aromatic N) is 1. The number of nitro benzene ring substituents is 1. The summed E-state index contributed by atoms with van der Waals surface area (Å²) in [5.74, 6) is -0.139. The van der Waals surface area contributed by atoms with Gasteiger partial charge in [-0.25, -0.2) is 4.79 Å². The van der Waals surface area contributed by atoms with Crippen LogP contribution in [0, 0.1) is 10.1 Å². The lowest BCUT2D eigenvalue weighted by atomic mass is 9.90. The Morgan fingerprint density at radius 1 is 1.17 bits per heavy atom. The Balaban J connectivity index is 1.64. The fraction of sp³-hybridized carbons (Fsp3) is 0.238. The van der Waals surface area contributed by atoms with Crippen LogP contribution in [-0.2, 0) is 26.3 Å². The molecule has 4 rings (SSSR count).